The van der Waals surface area contributed by atoms with Crippen molar-refractivity contribution in [3.63, 3.8) is 0 Å². The monoisotopic (exact) mass is 423 g/mol. The highest BCUT2D eigenvalue weighted by Gasteiger charge is 2.28. The average Bonchev–Trinajstić information content (AvgIpc) is 3.44. The van der Waals surface area contributed by atoms with Crippen molar-refractivity contribution in [3.05, 3.63) is 53.9 Å². The van der Waals surface area contributed by atoms with E-state index in [-0.39, 0.29) is 0 Å². The lowest BCUT2D eigenvalue weighted by Gasteiger charge is -2.40. The molecule has 2 unspecified atom stereocenters. The Hall–Kier alpha value is -2.38. The Morgan fingerprint density at radius 1 is 1.10 bits per heavy atom. The molecule has 168 valence electrons. The molecule has 7 heteroatoms. The molecule has 3 heterocycles. The third kappa shape index (κ3) is 5.46. The summed E-state index contributed by atoms with van der Waals surface area (Å²) in [5.74, 6) is 1.58. The molecule has 1 aromatic carbocycles. The fourth-order valence-corrected chi connectivity index (χ4v) is 4.91. The Labute approximate surface area is 186 Å². The number of likely N-dealkylation sites (tertiary alicyclic amines) is 1. The summed E-state index contributed by atoms with van der Waals surface area (Å²) in [7, 11) is 6.11. The summed E-state index contributed by atoms with van der Waals surface area (Å²) in [4.78, 5) is 12.0. The van der Waals surface area contributed by atoms with Crippen LogP contribution in [0.2, 0.25) is 0 Å². The molecule has 2 aliphatic rings. The number of hydrogen-bond acceptors (Lipinski definition) is 4. The number of rotatable bonds is 6. The van der Waals surface area contributed by atoms with Crippen LogP contribution in [-0.4, -0.2) is 90.3 Å². The van der Waals surface area contributed by atoms with E-state index >= 15 is 0 Å². The van der Waals surface area contributed by atoms with Gasteiger partial charge in [-0.3, -0.25) is 14.6 Å². The van der Waals surface area contributed by atoms with Gasteiger partial charge in [0.25, 0.3) is 0 Å². The molecule has 2 aliphatic heterocycles. The summed E-state index contributed by atoms with van der Waals surface area (Å²) in [5.41, 5.74) is 2.76. The topological polar surface area (TPSA) is 51.9 Å². The Morgan fingerprint density at radius 3 is 2.68 bits per heavy atom. The summed E-state index contributed by atoms with van der Waals surface area (Å²) in [6.45, 7) is 7.49. The number of aryl methyl sites for hydroxylation is 1. The molecular formula is C24H37N7. The van der Waals surface area contributed by atoms with E-state index in [1.807, 2.05) is 25.0 Å². The molecule has 0 bridgehead atoms. The fourth-order valence-electron chi connectivity index (χ4n) is 4.91. The third-order valence-electron chi connectivity index (χ3n) is 6.68. The van der Waals surface area contributed by atoms with Gasteiger partial charge in [-0.05, 0) is 31.0 Å². The first-order chi connectivity index (χ1) is 15.1. The minimum atomic E-state index is 0.484. The molecular weight excluding hydrogens is 386 g/mol. The van der Waals surface area contributed by atoms with Gasteiger partial charge < -0.3 is 15.1 Å². The van der Waals surface area contributed by atoms with Crippen LogP contribution in [0.5, 0.6) is 0 Å². The van der Waals surface area contributed by atoms with Gasteiger partial charge in [-0.1, -0.05) is 30.3 Å². The molecule has 1 aromatic heterocycles. The Balaban J connectivity index is 1.25. The summed E-state index contributed by atoms with van der Waals surface area (Å²) in [6.07, 6.45) is 6.42. The number of piperazine rings is 1. The van der Waals surface area contributed by atoms with Crippen LogP contribution in [0.3, 0.4) is 0 Å². The quantitative estimate of drug-likeness (QED) is 0.438. The van der Waals surface area contributed by atoms with Crippen molar-refractivity contribution >= 4 is 5.96 Å². The van der Waals surface area contributed by atoms with E-state index in [4.69, 9.17) is 0 Å². The number of nitrogens with one attached hydrogen (secondary N) is 1. The zero-order valence-electron chi connectivity index (χ0n) is 19.2. The maximum atomic E-state index is 4.55. The lowest BCUT2D eigenvalue weighted by atomic mass is 10.0. The van der Waals surface area contributed by atoms with Crippen LogP contribution in [0.1, 0.15) is 35.9 Å². The molecule has 0 aliphatic carbocycles. The second-order valence-electron chi connectivity index (χ2n) is 8.93. The van der Waals surface area contributed by atoms with E-state index in [1.165, 1.54) is 11.1 Å². The second kappa shape index (κ2) is 10.3. The lowest BCUT2D eigenvalue weighted by molar-refractivity contribution is 0.0891. The number of likely N-dealkylation sites (N-methyl/N-ethyl adjacent to an activating group) is 1. The zero-order chi connectivity index (χ0) is 21.6. The maximum Gasteiger partial charge on any atom is 0.193 e. The van der Waals surface area contributed by atoms with Crippen LogP contribution >= 0.6 is 0 Å². The van der Waals surface area contributed by atoms with Crippen LogP contribution in [-0.2, 0) is 7.05 Å². The van der Waals surface area contributed by atoms with E-state index in [2.05, 4.69) is 73.7 Å². The second-order valence-corrected chi connectivity index (χ2v) is 8.93. The molecule has 0 spiro atoms. The smallest absolute Gasteiger partial charge is 0.193 e. The van der Waals surface area contributed by atoms with Gasteiger partial charge in [-0.2, -0.15) is 5.10 Å². The highest BCUT2D eigenvalue weighted by Crippen LogP contribution is 2.27. The van der Waals surface area contributed by atoms with E-state index < -0.39 is 0 Å². The van der Waals surface area contributed by atoms with Gasteiger partial charge in [0.1, 0.15) is 0 Å². The molecule has 1 N–H and O–H groups in total. The molecule has 2 atom stereocenters. The number of nitrogens with zero attached hydrogens (tertiary/aromatic N) is 6. The molecule has 31 heavy (non-hydrogen) atoms. The van der Waals surface area contributed by atoms with Gasteiger partial charge in [0.15, 0.2) is 5.96 Å². The molecule has 0 amide bonds. The molecule has 2 fully saturated rings. The number of benzene rings is 1. The van der Waals surface area contributed by atoms with Gasteiger partial charge in [-0.15, -0.1) is 0 Å². The minimum absolute atomic E-state index is 0.484. The summed E-state index contributed by atoms with van der Waals surface area (Å²) < 4.78 is 1.89. The lowest BCUT2D eigenvalue weighted by Crippen LogP contribution is -2.47. The van der Waals surface area contributed by atoms with Crippen molar-refractivity contribution in [1.29, 1.82) is 0 Å². The SMILES string of the molecule is CN=C(NCCCN1CCN(C)CC1c1ccccc1)N1CCC(c2cnn(C)c2)C1. The van der Waals surface area contributed by atoms with E-state index in [1.54, 1.807) is 0 Å². The van der Waals surface area contributed by atoms with Crippen molar-refractivity contribution in [3.8, 4) is 0 Å². The van der Waals surface area contributed by atoms with E-state index in [9.17, 15) is 0 Å². The fraction of sp³-hybridized carbons (Fsp3) is 0.583. The normalized spacial score (nSPS) is 23.5. The van der Waals surface area contributed by atoms with Gasteiger partial charge in [0.05, 0.1) is 6.20 Å². The zero-order valence-corrected chi connectivity index (χ0v) is 19.2. The maximum absolute atomic E-state index is 4.55. The van der Waals surface area contributed by atoms with Crippen molar-refractivity contribution < 1.29 is 0 Å². The van der Waals surface area contributed by atoms with Gasteiger partial charge in [-0.25, -0.2) is 0 Å². The van der Waals surface area contributed by atoms with Gasteiger partial charge in [0, 0.05) is 78.1 Å². The van der Waals surface area contributed by atoms with Crippen molar-refractivity contribution in [2.24, 2.45) is 12.0 Å². The Kier molecular flexibility index (Phi) is 7.25. The van der Waals surface area contributed by atoms with Crippen molar-refractivity contribution in [1.82, 2.24) is 29.8 Å². The minimum Gasteiger partial charge on any atom is -0.356 e. The first kappa shape index (κ1) is 21.8. The number of aromatic nitrogens is 2. The van der Waals surface area contributed by atoms with Crippen LogP contribution in [0.25, 0.3) is 0 Å². The van der Waals surface area contributed by atoms with Crippen LogP contribution in [0.4, 0.5) is 0 Å². The van der Waals surface area contributed by atoms with Crippen LogP contribution in [0.15, 0.2) is 47.7 Å². The van der Waals surface area contributed by atoms with E-state index in [0.717, 1.165) is 64.6 Å². The standard InChI is InChI=1S/C24H37N7/c1-25-24(31-13-10-21(18-31)22-16-27-29(3)17-22)26-11-7-12-30-15-14-28(2)19-23(30)20-8-5-4-6-9-20/h4-6,8-9,16-17,21,23H,7,10-15,18-19H2,1-3H3,(H,25,26). The van der Waals surface area contributed by atoms with Gasteiger partial charge >= 0.3 is 0 Å². The summed E-state index contributed by atoms with van der Waals surface area (Å²) in [6, 6.07) is 11.4. The largest absolute Gasteiger partial charge is 0.356 e. The van der Waals surface area contributed by atoms with E-state index in [0.29, 0.717) is 12.0 Å². The molecule has 2 aromatic rings. The Morgan fingerprint density at radius 2 is 1.94 bits per heavy atom. The number of hydrogen-bond donors (Lipinski definition) is 1. The summed E-state index contributed by atoms with van der Waals surface area (Å²) >= 11 is 0. The van der Waals surface area contributed by atoms with Crippen LogP contribution < -0.4 is 5.32 Å². The molecule has 0 radical (unpaired) electrons. The number of guanidine groups is 1. The van der Waals surface area contributed by atoms with Crippen molar-refractivity contribution in [2.45, 2.75) is 24.8 Å². The molecule has 4 rings (SSSR count). The third-order valence-corrected chi connectivity index (χ3v) is 6.68. The first-order valence-electron chi connectivity index (χ1n) is 11.6. The average molecular weight is 424 g/mol. The molecule has 7 nitrogen and oxygen atoms in total. The molecule has 0 saturated carbocycles. The predicted octanol–water partition coefficient (Wildman–Crippen LogP) is 2.16. The number of aliphatic imine (C=N–C) groups is 1. The van der Waals surface area contributed by atoms with Gasteiger partial charge in [0.2, 0.25) is 0 Å². The molecule has 2 saturated heterocycles. The Bertz CT molecular complexity index is 847. The highest BCUT2D eigenvalue weighted by atomic mass is 15.3. The highest BCUT2D eigenvalue weighted by molar-refractivity contribution is 5.80. The summed E-state index contributed by atoms with van der Waals surface area (Å²) in [5, 5.41) is 7.94. The predicted molar refractivity (Wildman–Crippen MR) is 126 cm³/mol. The first-order valence-corrected chi connectivity index (χ1v) is 11.6. The van der Waals surface area contributed by atoms with Crippen molar-refractivity contribution in [2.75, 3.05) is 59.9 Å². The van der Waals surface area contributed by atoms with Crippen LogP contribution in [0, 0.1) is 0 Å².